The van der Waals surface area contributed by atoms with E-state index in [1.165, 1.54) is 11.8 Å². The van der Waals surface area contributed by atoms with Crippen LogP contribution in [0.5, 0.6) is 5.75 Å². The summed E-state index contributed by atoms with van der Waals surface area (Å²) in [5.74, 6) is 2.26. The second-order valence-electron chi connectivity index (χ2n) is 9.44. The summed E-state index contributed by atoms with van der Waals surface area (Å²) in [6, 6.07) is 8.79. The Bertz CT molecular complexity index is 1100. The maximum Gasteiger partial charge on any atom is 0.246 e. The average Bonchev–Trinajstić information content (AvgIpc) is 3.22. The molecule has 8 heteroatoms. The number of anilines is 4. The molecule has 0 spiro atoms. The lowest BCUT2D eigenvalue weighted by Gasteiger charge is -2.39. The number of hydrogen-bond donors (Lipinski definition) is 1. The normalized spacial score (nSPS) is 23.7. The van der Waals surface area contributed by atoms with Crippen molar-refractivity contribution < 1.29 is 14.3 Å². The number of benzene rings is 1. The molecule has 2 atom stereocenters. The van der Waals surface area contributed by atoms with E-state index in [4.69, 9.17) is 9.47 Å². The van der Waals surface area contributed by atoms with Crippen LogP contribution in [0.2, 0.25) is 0 Å². The molecule has 8 nitrogen and oxygen atoms in total. The van der Waals surface area contributed by atoms with Gasteiger partial charge in [0.1, 0.15) is 18.2 Å². The van der Waals surface area contributed by atoms with E-state index in [0.29, 0.717) is 18.6 Å². The summed E-state index contributed by atoms with van der Waals surface area (Å²) >= 11 is 0. The fourth-order valence-electron chi connectivity index (χ4n) is 5.86. The van der Waals surface area contributed by atoms with Gasteiger partial charge in [-0.05, 0) is 49.1 Å². The number of carbonyl (C=O) groups is 1. The topological polar surface area (TPSA) is 70.2 Å². The highest BCUT2D eigenvalue weighted by Crippen LogP contribution is 2.40. The van der Waals surface area contributed by atoms with Crippen LogP contribution < -0.4 is 19.9 Å². The molecular weight excluding hydrogens is 430 g/mol. The zero-order valence-corrected chi connectivity index (χ0v) is 19.4. The second kappa shape index (κ2) is 8.83. The van der Waals surface area contributed by atoms with Gasteiger partial charge in [0, 0.05) is 56.3 Å². The molecule has 34 heavy (non-hydrogen) atoms. The van der Waals surface area contributed by atoms with Crippen molar-refractivity contribution in [2.24, 2.45) is 5.92 Å². The largest absolute Gasteiger partial charge is 0.486 e. The van der Waals surface area contributed by atoms with Crippen molar-refractivity contribution in [3.8, 4) is 5.75 Å². The number of likely N-dealkylation sites (tertiary alicyclic amines) is 1. The van der Waals surface area contributed by atoms with Crippen molar-refractivity contribution in [3.05, 3.63) is 48.7 Å². The van der Waals surface area contributed by atoms with Crippen molar-refractivity contribution in [3.63, 3.8) is 0 Å². The minimum absolute atomic E-state index is 0.0648. The molecule has 4 aliphatic heterocycles. The molecule has 2 aromatic rings. The molecule has 0 unspecified atom stereocenters. The third kappa shape index (κ3) is 3.76. The Kier molecular flexibility index (Phi) is 5.53. The molecule has 1 N–H and O–H groups in total. The first-order valence-corrected chi connectivity index (χ1v) is 12.2. The van der Waals surface area contributed by atoms with Gasteiger partial charge in [-0.3, -0.25) is 4.79 Å². The maximum absolute atomic E-state index is 12.2. The molecule has 1 amide bonds. The van der Waals surface area contributed by atoms with E-state index in [-0.39, 0.29) is 5.91 Å². The predicted octanol–water partition coefficient (Wildman–Crippen LogP) is 3.17. The third-order valence-corrected chi connectivity index (χ3v) is 7.63. The summed E-state index contributed by atoms with van der Waals surface area (Å²) in [6.45, 7) is 10.1. The summed E-state index contributed by atoms with van der Waals surface area (Å²) in [6.07, 6.45) is 5.35. The highest BCUT2D eigenvalue weighted by molar-refractivity contribution is 5.87. The van der Waals surface area contributed by atoms with Crippen LogP contribution in [0.3, 0.4) is 0 Å². The summed E-state index contributed by atoms with van der Waals surface area (Å²) < 4.78 is 11.8. The molecule has 3 fully saturated rings. The van der Waals surface area contributed by atoms with Gasteiger partial charge in [-0.25, -0.2) is 4.98 Å². The van der Waals surface area contributed by atoms with Crippen LogP contribution in [-0.2, 0) is 16.1 Å². The number of rotatable bonds is 3. The van der Waals surface area contributed by atoms with E-state index in [1.54, 1.807) is 0 Å². The predicted molar refractivity (Wildman–Crippen MR) is 132 cm³/mol. The Balaban J connectivity index is 1.22. The number of ether oxygens (including phenoxy) is 2. The minimum Gasteiger partial charge on any atom is -0.486 e. The van der Waals surface area contributed by atoms with Crippen molar-refractivity contribution in [2.45, 2.75) is 25.5 Å². The summed E-state index contributed by atoms with van der Waals surface area (Å²) in [7, 11) is 0. The smallest absolute Gasteiger partial charge is 0.246 e. The average molecular weight is 462 g/mol. The van der Waals surface area contributed by atoms with Crippen LogP contribution in [0.25, 0.3) is 0 Å². The Hall–Kier alpha value is -3.26. The molecule has 3 saturated heterocycles. The number of amides is 1. The second-order valence-corrected chi connectivity index (χ2v) is 9.44. The first-order valence-electron chi connectivity index (χ1n) is 12.2. The number of nitrogens with one attached hydrogen (secondary N) is 1. The van der Waals surface area contributed by atoms with Crippen molar-refractivity contribution in [1.82, 2.24) is 9.88 Å². The highest BCUT2D eigenvalue weighted by atomic mass is 16.5. The van der Waals surface area contributed by atoms with Gasteiger partial charge in [-0.15, -0.1) is 0 Å². The Morgan fingerprint density at radius 1 is 1.12 bits per heavy atom. The maximum atomic E-state index is 12.2. The molecular formula is C26H31N5O3. The van der Waals surface area contributed by atoms with E-state index < -0.39 is 0 Å². The first-order chi connectivity index (χ1) is 16.7. The lowest BCUT2D eigenvalue weighted by atomic mass is 9.92. The zero-order chi connectivity index (χ0) is 23.1. The minimum atomic E-state index is 0.0648. The molecule has 178 valence electrons. The Morgan fingerprint density at radius 2 is 2.00 bits per heavy atom. The van der Waals surface area contributed by atoms with Gasteiger partial charge >= 0.3 is 0 Å². The number of aromatic nitrogens is 1. The van der Waals surface area contributed by atoms with Gasteiger partial charge in [0.05, 0.1) is 24.5 Å². The highest BCUT2D eigenvalue weighted by Gasteiger charge is 2.40. The SMILES string of the molecule is C=CC(=O)N1CC[C@H]2CN(c3ccc4c(c3)Nc3nccc(N5CCOCC5)c3CO4)CC[C@@H]21. The number of pyridine rings is 1. The van der Waals surface area contributed by atoms with Crippen LogP contribution in [0.1, 0.15) is 18.4 Å². The van der Waals surface area contributed by atoms with Crippen LogP contribution in [0, 0.1) is 5.92 Å². The van der Waals surface area contributed by atoms with E-state index in [2.05, 4.69) is 50.9 Å². The van der Waals surface area contributed by atoms with E-state index in [0.717, 1.165) is 87.3 Å². The third-order valence-electron chi connectivity index (χ3n) is 7.63. The van der Waals surface area contributed by atoms with Gasteiger partial charge in [0.15, 0.2) is 0 Å². The molecule has 0 radical (unpaired) electrons. The number of hydrogen-bond acceptors (Lipinski definition) is 7. The summed E-state index contributed by atoms with van der Waals surface area (Å²) in [5.41, 5.74) is 4.37. The molecule has 1 aromatic heterocycles. The van der Waals surface area contributed by atoms with Gasteiger partial charge < -0.3 is 29.5 Å². The van der Waals surface area contributed by atoms with Gasteiger partial charge in [0.25, 0.3) is 0 Å². The van der Waals surface area contributed by atoms with Gasteiger partial charge in [-0.1, -0.05) is 6.58 Å². The fraction of sp³-hybridized carbons (Fsp3) is 0.462. The number of nitrogens with zero attached hydrogens (tertiary/aromatic N) is 4. The summed E-state index contributed by atoms with van der Waals surface area (Å²) in [5, 5.41) is 3.55. The molecule has 4 aliphatic rings. The van der Waals surface area contributed by atoms with Gasteiger partial charge in [-0.2, -0.15) is 0 Å². The van der Waals surface area contributed by atoms with Gasteiger partial charge in [0.2, 0.25) is 5.91 Å². The Labute approximate surface area is 200 Å². The van der Waals surface area contributed by atoms with Crippen molar-refractivity contribution in [1.29, 1.82) is 0 Å². The molecule has 1 aromatic carbocycles. The number of fused-ring (bicyclic) bond motifs is 3. The van der Waals surface area contributed by atoms with Crippen molar-refractivity contribution >= 4 is 28.8 Å². The van der Waals surface area contributed by atoms with E-state index >= 15 is 0 Å². The molecule has 0 bridgehead atoms. The van der Waals surface area contributed by atoms with E-state index in [1.807, 2.05) is 11.1 Å². The standard InChI is InChI=1S/C26H31N5O3/c1-2-25(32)31-10-6-18-16-30(9-7-22(18)31)19-3-4-24-21(15-19)28-26-20(17-34-24)23(5-8-27-26)29-11-13-33-14-12-29/h2-5,8,15,18,22H,1,6-7,9-14,16-17H2,(H,27,28)/t18-,22-/m0/s1. The number of piperidine rings is 1. The lowest BCUT2D eigenvalue weighted by Crippen LogP contribution is -2.47. The van der Waals surface area contributed by atoms with Crippen molar-refractivity contribution in [2.75, 3.05) is 61.1 Å². The first kappa shape index (κ1) is 21.3. The molecule has 0 aliphatic carbocycles. The van der Waals surface area contributed by atoms with E-state index in [9.17, 15) is 4.79 Å². The molecule has 6 rings (SSSR count). The lowest BCUT2D eigenvalue weighted by molar-refractivity contribution is -0.127. The van der Waals surface area contributed by atoms with Crippen LogP contribution >= 0.6 is 0 Å². The Morgan fingerprint density at radius 3 is 2.85 bits per heavy atom. The van der Waals surface area contributed by atoms with Crippen LogP contribution in [0.4, 0.5) is 22.9 Å². The quantitative estimate of drug-likeness (QED) is 0.704. The van der Waals surface area contributed by atoms with Crippen LogP contribution in [0.15, 0.2) is 43.1 Å². The van der Waals surface area contributed by atoms with Crippen LogP contribution in [-0.4, -0.2) is 67.8 Å². The molecule has 0 saturated carbocycles. The number of morpholine rings is 1. The zero-order valence-electron chi connectivity index (χ0n) is 19.4. The molecule has 5 heterocycles. The fourth-order valence-corrected chi connectivity index (χ4v) is 5.86. The summed E-state index contributed by atoms with van der Waals surface area (Å²) in [4.78, 5) is 23.6. The number of carbonyl (C=O) groups excluding carboxylic acids is 1. The monoisotopic (exact) mass is 461 g/mol.